The molecule has 1 atom stereocenters. The van der Waals surface area contributed by atoms with Gasteiger partial charge in [-0.1, -0.05) is 27.7 Å². The van der Waals surface area contributed by atoms with E-state index in [0.29, 0.717) is 17.8 Å². The number of rotatable bonds is 5. The molecule has 0 spiro atoms. The highest BCUT2D eigenvalue weighted by atomic mass is 16.4. The zero-order chi connectivity index (χ0) is 16.0. The molecule has 114 valence electrons. The molecule has 0 aliphatic carbocycles. The van der Waals surface area contributed by atoms with Gasteiger partial charge in [0, 0.05) is 18.7 Å². The number of hydrogen-bond acceptors (Lipinski definition) is 3. The van der Waals surface area contributed by atoms with Crippen LogP contribution >= 0.6 is 0 Å². The Kier molecular flexibility index (Phi) is 5.64. The van der Waals surface area contributed by atoms with Crippen LogP contribution in [0.5, 0.6) is 0 Å². The molecule has 5 nitrogen and oxygen atoms in total. The summed E-state index contributed by atoms with van der Waals surface area (Å²) >= 11 is 0. The van der Waals surface area contributed by atoms with Crippen molar-refractivity contribution in [2.45, 2.75) is 34.1 Å². The summed E-state index contributed by atoms with van der Waals surface area (Å²) in [5, 5.41) is 11.3. The van der Waals surface area contributed by atoms with E-state index in [1.807, 2.05) is 6.92 Å². The third kappa shape index (κ3) is 6.21. The van der Waals surface area contributed by atoms with Gasteiger partial charge in [-0.15, -0.1) is 0 Å². The van der Waals surface area contributed by atoms with Crippen molar-refractivity contribution in [3.63, 3.8) is 0 Å². The Labute approximate surface area is 125 Å². The highest BCUT2D eigenvalue weighted by Gasteiger charge is 2.22. The second-order valence-electron chi connectivity index (χ2n) is 6.17. The zero-order valence-electron chi connectivity index (χ0n) is 12.9. The van der Waals surface area contributed by atoms with Gasteiger partial charge >= 0.3 is 5.97 Å². The van der Waals surface area contributed by atoms with E-state index in [1.54, 1.807) is 12.1 Å². The first-order chi connectivity index (χ1) is 9.68. The molecule has 0 fully saturated rings. The van der Waals surface area contributed by atoms with Crippen molar-refractivity contribution < 1.29 is 14.7 Å². The SMILES string of the molecule is CC(CC(=O)Nc1cc(/C=C/C(=O)O)ccn1)C(C)(C)C. The van der Waals surface area contributed by atoms with Crippen LogP contribution in [0.2, 0.25) is 0 Å². The van der Waals surface area contributed by atoms with Gasteiger partial charge in [-0.3, -0.25) is 4.79 Å². The molecule has 0 radical (unpaired) electrons. The third-order valence-corrected chi connectivity index (χ3v) is 3.44. The number of nitrogens with one attached hydrogen (secondary N) is 1. The first-order valence-electron chi connectivity index (χ1n) is 6.85. The Morgan fingerprint density at radius 3 is 2.67 bits per heavy atom. The second kappa shape index (κ2) is 7.02. The molecule has 0 saturated carbocycles. The van der Waals surface area contributed by atoms with Gasteiger partial charge in [-0.05, 0) is 35.1 Å². The Morgan fingerprint density at radius 1 is 1.43 bits per heavy atom. The molecular formula is C16H22N2O3. The van der Waals surface area contributed by atoms with E-state index < -0.39 is 5.97 Å². The summed E-state index contributed by atoms with van der Waals surface area (Å²) in [5.41, 5.74) is 0.739. The number of nitrogens with zero attached hydrogens (tertiary/aromatic N) is 1. The van der Waals surface area contributed by atoms with Crippen LogP contribution in [0.15, 0.2) is 24.4 Å². The first kappa shape index (κ1) is 16.9. The lowest BCUT2D eigenvalue weighted by Crippen LogP contribution is -2.24. The maximum absolute atomic E-state index is 12.0. The number of aliphatic carboxylic acids is 1. The summed E-state index contributed by atoms with van der Waals surface area (Å²) in [6, 6.07) is 3.31. The lowest BCUT2D eigenvalue weighted by atomic mass is 9.80. The molecule has 21 heavy (non-hydrogen) atoms. The molecule has 1 rings (SSSR count). The molecule has 0 aromatic carbocycles. The van der Waals surface area contributed by atoms with Crippen molar-refractivity contribution in [3.8, 4) is 0 Å². The molecule has 5 heteroatoms. The van der Waals surface area contributed by atoms with Crippen LogP contribution < -0.4 is 5.32 Å². The number of hydrogen-bond donors (Lipinski definition) is 2. The molecule has 0 bridgehead atoms. The van der Waals surface area contributed by atoms with Crippen molar-refractivity contribution in [3.05, 3.63) is 30.0 Å². The number of amides is 1. The van der Waals surface area contributed by atoms with Crippen molar-refractivity contribution >= 4 is 23.8 Å². The molecule has 1 aromatic heterocycles. The molecule has 1 heterocycles. The van der Waals surface area contributed by atoms with E-state index in [2.05, 4.69) is 31.1 Å². The summed E-state index contributed by atoms with van der Waals surface area (Å²) in [7, 11) is 0. The third-order valence-electron chi connectivity index (χ3n) is 3.44. The highest BCUT2D eigenvalue weighted by Crippen LogP contribution is 2.28. The molecule has 1 aromatic rings. The predicted molar refractivity (Wildman–Crippen MR) is 82.8 cm³/mol. The van der Waals surface area contributed by atoms with Gasteiger partial charge in [0.1, 0.15) is 5.82 Å². The average molecular weight is 290 g/mol. The fourth-order valence-electron chi connectivity index (χ4n) is 1.56. The topological polar surface area (TPSA) is 79.3 Å². The van der Waals surface area contributed by atoms with Gasteiger partial charge in [0.25, 0.3) is 0 Å². The minimum Gasteiger partial charge on any atom is -0.478 e. The van der Waals surface area contributed by atoms with Crippen LogP contribution in [-0.4, -0.2) is 22.0 Å². The fourth-order valence-corrected chi connectivity index (χ4v) is 1.56. The summed E-state index contributed by atoms with van der Waals surface area (Å²) in [4.78, 5) is 26.5. The van der Waals surface area contributed by atoms with E-state index in [0.717, 1.165) is 6.08 Å². The number of carboxylic acid groups (broad SMARTS) is 1. The van der Waals surface area contributed by atoms with E-state index in [-0.39, 0.29) is 17.2 Å². The maximum atomic E-state index is 12.0. The molecule has 0 aliphatic heterocycles. The number of carbonyl (C=O) groups is 2. The summed E-state index contributed by atoms with van der Waals surface area (Å²) < 4.78 is 0. The highest BCUT2D eigenvalue weighted by molar-refractivity contribution is 5.90. The summed E-state index contributed by atoms with van der Waals surface area (Å²) in [6.07, 6.45) is 4.45. The number of pyridine rings is 1. The van der Waals surface area contributed by atoms with Gasteiger partial charge in [-0.2, -0.15) is 0 Å². The second-order valence-corrected chi connectivity index (χ2v) is 6.17. The fraction of sp³-hybridized carbons (Fsp3) is 0.438. The summed E-state index contributed by atoms with van der Waals surface area (Å²) in [6.45, 7) is 8.33. The Bertz CT molecular complexity index is 545. The normalized spacial score (nSPS) is 13.1. The van der Waals surface area contributed by atoms with Crippen LogP contribution in [0.3, 0.4) is 0 Å². The lowest BCUT2D eigenvalue weighted by molar-refractivity contribution is -0.131. The quantitative estimate of drug-likeness (QED) is 0.816. The first-order valence-corrected chi connectivity index (χ1v) is 6.85. The van der Waals surface area contributed by atoms with Gasteiger partial charge < -0.3 is 10.4 Å². The number of carboxylic acids is 1. The van der Waals surface area contributed by atoms with Crippen LogP contribution in [-0.2, 0) is 9.59 Å². The zero-order valence-corrected chi connectivity index (χ0v) is 12.9. The van der Waals surface area contributed by atoms with Gasteiger partial charge in [-0.25, -0.2) is 9.78 Å². The molecule has 1 amide bonds. The largest absolute Gasteiger partial charge is 0.478 e. The minimum atomic E-state index is -1.02. The molecular weight excluding hydrogens is 268 g/mol. The monoisotopic (exact) mass is 290 g/mol. The Hall–Kier alpha value is -2.17. The standard InChI is InChI=1S/C16H22N2O3/c1-11(16(2,3)4)9-14(19)18-13-10-12(7-8-17-13)5-6-15(20)21/h5-8,10-11H,9H2,1-4H3,(H,20,21)(H,17,18,19)/b6-5+. The van der Waals surface area contributed by atoms with E-state index >= 15 is 0 Å². The molecule has 0 saturated heterocycles. The van der Waals surface area contributed by atoms with Crippen molar-refractivity contribution in [2.75, 3.05) is 5.32 Å². The van der Waals surface area contributed by atoms with Gasteiger partial charge in [0.05, 0.1) is 0 Å². The summed E-state index contributed by atoms with van der Waals surface area (Å²) in [5.74, 6) is -0.443. The predicted octanol–water partition coefficient (Wildman–Crippen LogP) is 3.19. The molecule has 2 N–H and O–H groups in total. The number of aromatic nitrogens is 1. The van der Waals surface area contributed by atoms with Crippen LogP contribution in [0.4, 0.5) is 5.82 Å². The van der Waals surface area contributed by atoms with Crippen LogP contribution in [0.25, 0.3) is 6.08 Å². The van der Waals surface area contributed by atoms with Crippen molar-refractivity contribution in [1.82, 2.24) is 4.98 Å². The Morgan fingerprint density at radius 2 is 2.10 bits per heavy atom. The molecule has 1 unspecified atom stereocenters. The van der Waals surface area contributed by atoms with Gasteiger partial charge in [0.15, 0.2) is 0 Å². The molecule has 0 aliphatic rings. The maximum Gasteiger partial charge on any atom is 0.328 e. The number of carbonyl (C=O) groups excluding carboxylic acids is 1. The van der Waals surface area contributed by atoms with Crippen LogP contribution in [0.1, 0.15) is 39.7 Å². The Balaban J connectivity index is 2.69. The average Bonchev–Trinajstić information content (AvgIpc) is 2.35. The smallest absolute Gasteiger partial charge is 0.328 e. The lowest BCUT2D eigenvalue weighted by Gasteiger charge is -2.26. The van der Waals surface area contributed by atoms with E-state index in [4.69, 9.17) is 5.11 Å². The number of anilines is 1. The van der Waals surface area contributed by atoms with Crippen LogP contribution in [0, 0.1) is 11.3 Å². The van der Waals surface area contributed by atoms with E-state index in [1.165, 1.54) is 12.3 Å². The minimum absolute atomic E-state index is 0.0663. The van der Waals surface area contributed by atoms with Crippen molar-refractivity contribution in [1.29, 1.82) is 0 Å². The van der Waals surface area contributed by atoms with Crippen molar-refractivity contribution in [2.24, 2.45) is 11.3 Å². The van der Waals surface area contributed by atoms with Gasteiger partial charge in [0.2, 0.25) is 5.91 Å². The van der Waals surface area contributed by atoms with E-state index in [9.17, 15) is 9.59 Å².